The fourth-order valence-electron chi connectivity index (χ4n) is 2.31. The van der Waals surface area contributed by atoms with Gasteiger partial charge in [-0.05, 0) is 25.0 Å². The number of fused-ring (bicyclic) bond motifs is 1. The third-order valence-corrected chi connectivity index (χ3v) is 3.59. The minimum atomic E-state index is -0.336. The summed E-state index contributed by atoms with van der Waals surface area (Å²) in [5, 5.41) is 14.1. The van der Waals surface area contributed by atoms with E-state index in [1.54, 1.807) is 18.3 Å². The highest BCUT2D eigenvalue weighted by Crippen LogP contribution is 2.18. The van der Waals surface area contributed by atoms with Crippen LogP contribution in [0.1, 0.15) is 12.8 Å². The fourth-order valence-corrected chi connectivity index (χ4v) is 2.31. The Morgan fingerprint density at radius 1 is 1.04 bits per heavy atom. The summed E-state index contributed by atoms with van der Waals surface area (Å²) < 4.78 is 0. The van der Waals surface area contributed by atoms with Crippen LogP contribution in [0.2, 0.25) is 0 Å². The van der Waals surface area contributed by atoms with Gasteiger partial charge in [-0.1, -0.05) is 30.3 Å². The zero-order chi connectivity index (χ0) is 17.5. The number of urea groups is 1. The lowest BCUT2D eigenvalue weighted by molar-refractivity contribution is 0.250. The molecular weight excluding hydrogens is 354 g/mol. The molecule has 7 nitrogen and oxygen atoms in total. The molecule has 136 valence electrons. The standard InChI is InChI=1S/C18H19N5O2.ClH/c24-11-5-4-10-19-18(25)23-16-9-8-14-17(22-16)21-15(12-20-14)13-6-2-1-3-7-13;/h1-3,6-9,12,24H,4-5,10-11H2,(H2,19,21,22,23,25);1H. The number of aromatic nitrogens is 3. The Morgan fingerprint density at radius 2 is 1.85 bits per heavy atom. The SMILES string of the molecule is Cl.O=C(NCCCCO)Nc1ccc2ncc(-c3ccccc3)nc2n1. The number of unbranched alkanes of at least 4 members (excludes halogenated alkanes) is 1. The largest absolute Gasteiger partial charge is 0.396 e. The molecule has 3 N–H and O–H groups in total. The maximum Gasteiger partial charge on any atom is 0.320 e. The van der Waals surface area contributed by atoms with E-state index in [0.717, 1.165) is 17.7 Å². The van der Waals surface area contributed by atoms with Crippen molar-refractivity contribution in [1.82, 2.24) is 20.3 Å². The molecule has 0 saturated heterocycles. The van der Waals surface area contributed by atoms with Crippen molar-refractivity contribution in [3.05, 3.63) is 48.7 Å². The summed E-state index contributed by atoms with van der Waals surface area (Å²) in [5.74, 6) is 0.409. The van der Waals surface area contributed by atoms with Crippen LogP contribution in [0.5, 0.6) is 0 Å². The second kappa shape index (κ2) is 9.65. The molecule has 3 rings (SSSR count). The molecule has 2 amide bonds. The van der Waals surface area contributed by atoms with Crippen LogP contribution in [0.15, 0.2) is 48.7 Å². The molecule has 2 aromatic heterocycles. The monoisotopic (exact) mass is 373 g/mol. The molecule has 0 bridgehead atoms. The lowest BCUT2D eigenvalue weighted by Crippen LogP contribution is -2.30. The van der Waals surface area contributed by atoms with Gasteiger partial charge in [0.1, 0.15) is 11.3 Å². The molecule has 0 atom stereocenters. The van der Waals surface area contributed by atoms with Crippen molar-refractivity contribution in [2.24, 2.45) is 0 Å². The first-order valence-corrected chi connectivity index (χ1v) is 8.11. The second-order valence-electron chi connectivity index (χ2n) is 5.47. The average molecular weight is 374 g/mol. The molecular formula is C18H20ClN5O2. The number of nitrogens with zero attached hydrogens (tertiary/aromatic N) is 3. The fraction of sp³-hybridized carbons (Fsp3) is 0.222. The van der Waals surface area contributed by atoms with Gasteiger partial charge in [-0.25, -0.2) is 14.8 Å². The Balaban J connectivity index is 0.00000243. The second-order valence-corrected chi connectivity index (χ2v) is 5.47. The van der Waals surface area contributed by atoms with Gasteiger partial charge < -0.3 is 10.4 Å². The number of hydrogen-bond acceptors (Lipinski definition) is 5. The van der Waals surface area contributed by atoms with Gasteiger partial charge in [0, 0.05) is 18.7 Å². The van der Waals surface area contributed by atoms with E-state index in [2.05, 4.69) is 25.6 Å². The molecule has 8 heteroatoms. The van der Waals surface area contributed by atoms with Crippen LogP contribution in [0.3, 0.4) is 0 Å². The van der Waals surface area contributed by atoms with E-state index >= 15 is 0 Å². The summed E-state index contributed by atoms with van der Waals surface area (Å²) in [5.41, 5.74) is 2.82. The molecule has 0 spiro atoms. The number of amides is 2. The van der Waals surface area contributed by atoms with Crippen LogP contribution in [0.25, 0.3) is 22.4 Å². The van der Waals surface area contributed by atoms with Crippen molar-refractivity contribution >= 4 is 35.4 Å². The maximum atomic E-state index is 11.8. The van der Waals surface area contributed by atoms with E-state index in [9.17, 15) is 4.79 Å². The molecule has 0 aliphatic heterocycles. The van der Waals surface area contributed by atoms with Gasteiger partial charge in [-0.15, -0.1) is 12.4 Å². The number of halogens is 1. The van der Waals surface area contributed by atoms with Gasteiger partial charge in [-0.3, -0.25) is 10.3 Å². The number of aliphatic hydroxyl groups excluding tert-OH is 1. The third kappa shape index (κ3) is 5.11. The van der Waals surface area contributed by atoms with Crippen LogP contribution < -0.4 is 10.6 Å². The number of hydrogen-bond donors (Lipinski definition) is 3. The number of benzene rings is 1. The molecule has 0 fully saturated rings. The summed E-state index contributed by atoms with van der Waals surface area (Å²) in [6, 6.07) is 12.9. The predicted octanol–water partition coefficient (Wildman–Crippen LogP) is 3.01. The molecule has 0 unspecified atom stereocenters. The van der Waals surface area contributed by atoms with Crippen LogP contribution in [-0.4, -0.2) is 39.2 Å². The number of anilines is 1. The molecule has 0 saturated carbocycles. The number of aliphatic hydroxyl groups is 1. The zero-order valence-electron chi connectivity index (χ0n) is 14.1. The molecule has 0 aliphatic carbocycles. The minimum absolute atomic E-state index is 0. The van der Waals surface area contributed by atoms with Crippen molar-refractivity contribution < 1.29 is 9.90 Å². The Hall–Kier alpha value is -2.77. The topological polar surface area (TPSA) is 100 Å². The number of carbonyl (C=O) groups is 1. The van der Waals surface area contributed by atoms with Gasteiger partial charge >= 0.3 is 6.03 Å². The van der Waals surface area contributed by atoms with E-state index in [-0.39, 0.29) is 25.0 Å². The van der Waals surface area contributed by atoms with Crippen LogP contribution in [-0.2, 0) is 0 Å². The van der Waals surface area contributed by atoms with Gasteiger partial charge in [0.2, 0.25) is 0 Å². The number of nitrogens with one attached hydrogen (secondary N) is 2. The van der Waals surface area contributed by atoms with Crippen LogP contribution in [0.4, 0.5) is 10.6 Å². The Bertz CT molecular complexity index is 861. The average Bonchev–Trinajstić information content (AvgIpc) is 2.65. The quantitative estimate of drug-likeness (QED) is 0.577. The molecule has 26 heavy (non-hydrogen) atoms. The summed E-state index contributed by atoms with van der Waals surface area (Å²) >= 11 is 0. The lowest BCUT2D eigenvalue weighted by atomic mass is 10.2. The van der Waals surface area contributed by atoms with E-state index < -0.39 is 0 Å². The Morgan fingerprint density at radius 3 is 2.62 bits per heavy atom. The molecule has 1 aromatic carbocycles. The highest BCUT2D eigenvalue weighted by Gasteiger charge is 2.07. The zero-order valence-corrected chi connectivity index (χ0v) is 14.9. The van der Waals surface area contributed by atoms with Gasteiger partial charge in [-0.2, -0.15) is 0 Å². The smallest absolute Gasteiger partial charge is 0.320 e. The highest BCUT2D eigenvalue weighted by atomic mass is 35.5. The van der Waals surface area contributed by atoms with Gasteiger partial charge in [0.15, 0.2) is 5.65 Å². The highest BCUT2D eigenvalue weighted by molar-refractivity contribution is 5.89. The van der Waals surface area contributed by atoms with Crippen molar-refractivity contribution in [3.8, 4) is 11.3 Å². The number of carbonyl (C=O) groups excluding carboxylic acids is 1. The van der Waals surface area contributed by atoms with Crippen LogP contribution >= 0.6 is 12.4 Å². The first kappa shape index (κ1) is 19.6. The summed E-state index contributed by atoms with van der Waals surface area (Å²) in [7, 11) is 0. The van der Waals surface area contributed by atoms with E-state index in [0.29, 0.717) is 29.9 Å². The predicted molar refractivity (Wildman–Crippen MR) is 103 cm³/mol. The van der Waals surface area contributed by atoms with Gasteiger partial charge in [0.05, 0.1) is 11.9 Å². The van der Waals surface area contributed by atoms with E-state index in [1.165, 1.54) is 0 Å². The third-order valence-electron chi connectivity index (χ3n) is 3.59. The van der Waals surface area contributed by atoms with Crippen molar-refractivity contribution in [3.63, 3.8) is 0 Å². The Kier molecular flexibility index (Phi) is 7.25. The van der Waals surface area contributed by atoms with Crippen LogP contribution in [0, 0.1) is 0 Å². The van der Waals surface area contributed by atoms with E-state index in [4.69, 9.17) is 5.11 Å². The van der Waals surface area contributed by atoms with Crippen molar-refractivity contribution in [2.45, 2.75) is 12.8 Å². The normalized spacial score (nSPS) is 10.2. The van der Waals surface area contributed by atoms with Crippen molar-refractivity contribution in [2.75, 3.05) is 18.5 Å². The summed E-state index contributed by atoms with van der Waals surface area (Å²) in [6.07, 6.45) is 3.09. The first-order valence-electron chi connectivity index (χ1n) is 8.11. The maximum absolute atomic E-state index is 11.8. The Labute approximate surface area is 157 Å². The molecule has 2 heterocycles. The van der Waals surface area contributed by atoms with Gasteiger partial charge in [0.25, 0.3) is 0 Å². The first-order chi connectivity index (χ1) is 12.3. The van der Waals surface area contributed by atoms with Crippen molar-refractivity contribution in [1.29, 1.82) is 0 Å². The molecule has 0 radical (unpaired) electrons. The minimum Gasteiger partial charge on any atom is -0.396 e. The molecule has 0 aliphatic rings. The number of pyridine rings is 1. The summed E-state index contributed by atoms with van der Waals surface area (Å²) in [4.78, 5) is 25.1. The molecule has 3 aromatic rings. The lowest BCUT2D eigenvalue weighted by Gasteiger charge is -2.07. The summed E-state index contributed by atoms with van der Waals surface area (Å²) in [6.45, 7) is 0.621. The van der Waals surface area contributed by atoms with E-state index in [1.807, 2.05) is 30.3 Å². The number of rotatable bonds is 6.